The van der Waals surface area contributed by atoms with Gasteiger partial charge in [0.15, 0.2) is 0 Å². The lowest BCUT2D eigenvalue weighted by molar-refractivity contribution is 0.281. The lowest BCUT2D eigenvalue weighted by Crippen LogP contribution is -2.29. The first kappa shape index (κ1) is 17.0. The number of aliphatic hydroxyl groups excluding tert-OH is 2. The minimum absolute atomic E-state index is 0.0383. The Bertz CT molecular complexity index is 838. The molecule has 0 amide bonds. The molecule has 2 N–H and O–H groups in total. The third-order valence-corrected chi connectivity index (χ3v) is 3.85. The Hall–Kier alpha value is -2.83. The summed E-state index contributed by atoms with van der Waals surface area (Å²) in [6.45, 7) is 1.03. The Kier molecular flexibility index (Phi) is 5.66. The van der Waals surface area contributed by atoms with Gasteiger partial charge in [-0.2, -0.15) is 5.11 Å². The molecule has 1 aromatic heterocycles. The molecule has 0 aliphatic rings. The summed E-state index contributed by atoms with van der Waals surface area (Å²) in [5.74, 6) is 0. The first-order valence-electron chi connectivity index (χ1n) is 8.14. The Morgan fingerprint density at radius 1 is 0.840 bits per heavy atom. The van der Waals surface area contributed by atoms with Crippen molar-refractivity contribution in [2.75, 3.05) is 31.2 Å². The first-order valence-corrected chi connectivity index (χ1v) is 8.14. The summed E-state index contributed by atoms with van der Waals surface area (Å²) in [4.78, 5) is 6.23. The minimum atomic E-state index is 0.0383. The molecule has 0 atom stereocenters. The van der Waals surface area contributed by atoms with Crippen molar-refractivity contribution < 1.29 is 10.2 Å². The van der Waals surface area contributed by atoms with Gasteiger partial charge in [0.25, 0.3) is 0 Å². The molecule has 2 aromatic carbocycles. The van der Waals surface area contributed by atoms with Crippen LogP contribution in [-0.2, 0) is 0 Å². The fourth-order valence-electron chi connectivity index (χ4n) is 2.62. The second-order valence-corrected chi connectivity index (χ2v) is 5.50. The van der Waals surface area contributed by atoms with E-state index in [1.165, 1.54) is 0 Å². The monoisotopic (exact) mass is 336 g/mol. The Morgan fingerprint density at radius 3 is 2.28 bits per heavy atom. The van der Waals surface area contributed by atoms with Gasteiger partial charge in [0.1, 0.15) is 0 Å². The van der Waals surface area contributed by atoms with E-state index >= 15 is 0 Å². The largest absolute Gasteiger partial charge is 0.395 e. The maximum Gasteiger partial charge on any atom is 0.0966 e. The van der Waals surface area contributed by atoms with Crippen LogP contribution >= 0.6 is 0 Å². The molecule has 6 nitrogen and oxygen atoms in total. The van der Waals surface area contributed by atoms with E-state index in [1.807, 2.05) is 59.5 Å². The van der Waals surface area contributed by atoms with Gasteiger partial charge >= 0.3 is 0 Å². The number of fused-ring (bicyclic) bond motifs is 1. The smallest absolute Gasteiger partial charge is 0.0966 e. The van der Waals surface area contributed by atoms with E-state index in [9.17, 15) is 0 Å². The SMILES string of the molecule is OCCN(CCO)c1ccc(/N=N/c2ccnc3ccccc23)cc1. The topological polar surface area (TPSA) is 81.3 Å². The van der Waals surface area contributed by atoms with E-state index in [0.717, 1.165) is 28.0 Å². The van der Waals surface area contributed by atoms with Crippen LogP contribution in [-0.4, -0.2) is 41.5 Å². The van der Waals surface area contributed by atoms with Gasteiger partial charge in [-0.3, -0.25) is 4.98 Å². The highest BCUT2D eigenvalue weighted by Crippen LogP contribution is 2.27. The number of anilines is 1. The number of rotatable bonds is 7. The van der Waals surface area contributed by atoms with Gasteiger partial charge in [-0.25, -0.2) is 0 Å². The number of hydrogen-bond donors (Lipinski definition) is 2. The van der Waals surface area contributed by atoms with E-state index in [2.05, 4.69) is 15.2 Å². The molecule has 0 fully saturated rings. The molecule has 25 heavy (non-hydrogen) atoms. The van der Waals surface area contributed by atoms with Crippen molar-refractivity contribution in [3.8, 4) is 0 Å². The molecule has 0 saturated heterocycles. The maximum atomic E-state index is 9.11. The van der Waals surface area contributed by atoms with Crippen LogP contribution in [0.2, 0.25) is 0 Å². The molecule has 1 heterocycles. The Balaban J connectivity index is 1.79. The summed E-state index contributed by atoms with van der Waals surface area (Å²) >= 11 is 0. The number of benzene rings is 2. The van der Waals surface area contributed by atoms with Crippen molar-refractivity contribution in [2.24, 2.45) is 10.2 Å². The average molecular weight is 336 g/mol. The van der Waals surface area contributed by atoms with E-state index < -0.39 is 0 Å². The highest BCUT2D eigenvalue weighted by atomic mass is 16.3. The zero-order valence-corrected chi connectivity index (χ0v) is 13.8. The third kappa shape index (κ3) is 4.17. The van der Waals surface area contributed by atoms with Gasteiger partial charge in [0, 0.05) is 30.4 Å². The number of nitrogens with zero attached hydrogens (tertiary/aromatic N) is 4. The summed E-state index contributed by atoms with van der Waals surface area (Å²) in [7, 11) is 0. The first-order chi connectivity index (χ1) is 12.3. The van der Waals surface area contributed by atoms with Crippen LogP contribution < -0.4 is 4.90 Å². The Labute approximate surface area is 146 Å². The standard InChI is InChI=1S/C19H20N4O2/c24-13-11-23(12-14-25)16-7-5-15(6-8-16)21-22-19-9-10-20-18-4-2-1-3-17(18)19/h1-10,24-25H,11-14H2/b22-21+. The summed E-state index contributed by atoms with van der Waals surface area (Å²) < 4.78 is 0. The number of aliphatic hydroxyl groups is 2. The summed E-state index contributed by atoms with van der Waals surface area (Å²) in [5.41, 5.74) is 3.32. The van der Waals surface area contributed by atoms with Crippen molar-refractivity contribution in [1.82, 2.24) is 4.98 Å². The fraction of sp³-hybridized carbons (Fsp3) is 0.211. The molecule has 0 radical (unpaired) electrons. The van der Waals surface area contributed by atoms with E-state index in [-0.39, 0.29) is 13.2 Å². The third-order valence-electron chi connectivity index (χ3n) is 3.85. The zero-order valence-electron chi connectivity index (χ0n) is 13.8. The quantitative estimate of drug-likeness (QED) is 0.648. The predicted octanol–water partition coefficient (Wildman–Crippen LogP) is 3.44. The second-order valence-electron chi connectivity index (χ2n) is 5.50. The van der Waals surface area contributed by atoms with Crippen LogP contribution in [0.3, 0.4) is 0 Å². The van der Waals surface area contributed by atoms with Crippen molar-refractivity contribution >= 4 is 28.0 Å². The Morgan fingerprint density at radius 2 is 1.56 bits per heavy atom. The molecule has 0 spiro atoms. The maximum absolute atomic E-state index is 9.11. The molecule has 0 unspecified atom stereocenters. The number of para-hydroxylation sites is 1. The van der Waals surface area contributed by atoms with Gasteiger partial charge in [-0.1, -0.05) is 18.2 Å². The summed E-state index contributed by atoms with van der Waals surface area (Å²) in [5, 5.41) is 27.8. The van der Waals surface area contributed by atoms with Gasteiger partial charge in [0.2, 0.25) is 0 Å². The van der Waals surface area contributed by atoms with Crippen LogP contribution in [0.5, 0.6) is 0 Å². The van der Waals surface area contributed by atoms with Crippen LogP contribution in [0.4, 0.5) is 17.1 Å². The van der Waals surface area contributed by atoms with Crippen LogP contribution in [0, 0.1) is 0 Å². The number of azo groups is 1. The minimum Gasteiger partial charge on any atom is -0.395 e. The molecule has 0 bridgehead atoms. The molecular formula is C19H20N4O2. The molecular weight excluding hydrogens is 316 g/mol. The van der Waals surface area contributed by atoms with Crippen LogP contribution in [0.15, 0.2) is 71.0 Å². The lowest BCUT2D eigenvalue weighted by atomic mass is 10.2. The highest BCUT2D eigenvalue weighted by molar-refractivity contribution is 5.89. The molecule has 0 aliphatic heterocycles. The van der Waals surface area contributed by atoms with Crippen molar-refractivity contribution in [3.63, 3.8) is 0 Å². The van der Waals surface area contributed by atoms with Crippen molar-refractivity contribution in [3.05, 3.63) is 60.8 Å². The molecule has 3 aromatic rings. The summed E-state index contributed by atoms with van der Waals surface area (Å²) in [6.07, 6.45) is 1.72. The fourth-order valence-corrected chi connectivity index (χ4v) is 2.62. The van der Waals surface area contributed by atoms with Gasteiger partial charge in [0.05, 0.1) is 30.1 Å². The highest BCUT2D eigenvalue weighted by Gasteiger charge is 2.05. The van der Waals surface area contributed by atoms with E-state index in [0.29, 0.717) is 13.1 Å². The zero-order chi connectivity index (χ0) is 17.5. The predicted molar refractivity (Wildman–Crippen MR) is 98.7 cm³/mol. The molecule has 128 valence electrons. The second kappa shape index (κ2) is 8.32. The van der Waals surface area contributed by atoms with Crippen molar-refractivity contribution in [2.45, 2.75) is 0 Å². The average Bonchev–Trinajstić information content (AvgIpc) is 2.66. The number of aromatic nitrogens is 1. The van der Waals surface area contributed by atoms with Crippen LogP contribution in [0.25, 0.3) is 10.9 Å². The number of hydrogen-bond acceptors (Lipinski definition) is 6. The lowest BCUT2D eigenvalue weighted by Gasteiger charge is -2.22. The van der Waals surface area contributed by atoms with Crippen LogP contribution in [0.1, 0.15) is 0 Å². The van der Waals surface area contributed by atoms with E-state index in [1.54, 1.807) is 6.20 Å². The molecule has 0 aliphatic carbocycles. The summed E-state index contributed by atoms with van der Waals surface area (Å²) in [6, 6.07) is 17.2. The molecule has 6 heteroatoms. The number of pyridine rings is 1. The normalized spacial score (nSPS) is 11.3. The van der Waals surface area contributed by atoms with Gasteiger partial charge in [-0.15, -0.1) is 5.11 Å². The van der Waals surface area contributed by atoms with Gasteiger partial charge < -0.3 is 15.1 Å². The van der Waals surface area contributed by atoms with Gasteiger partial charge in [-0.05, 0) is 36.4 Å². The van der Waals surface area contributed by atoms with Crippen molar-refractivity contribution in [1.29, 1.82) is 0 Å². The molecule has 3 rings (SSSR count). The van der Waals surface area contributed by atoms with E-state index in [4.69, 9.17) is 10.2 Å². The molecule has 0 saturated carbocycles.